The minimum absolute atomic E-state index is 1.14. The number of nitrogens with zero attached hydrogens (tertiary/aromatic N) is 3. The molecule has 3 nitrogen and oxygen atoms in total. The number of benzene rings is 11. The highest BCUT2D eigenvalue weighted by atomic mass is 15.0. The third kappa shape index (κ3) is 5.85. The van der Waals surface area contributed by atoms with Crippen LogP contribution in [0.25, 0.3) is 127 Å². The maximum atomic E-state index is 2.46. The maximum Gasteiger partial charge on any atom is 0.0542 e. The molecule has 11 aromatic carbocycles. The summed E-state index contributed by atoms with van der Waals surface area (Å²) in [5.74, 6) is 0. The molecule has 0 amide bonds. The molecule has 0 aliphatic carbocycles. The average molecular weight is 852 g/mol. The number of rotatable bonds is 6. The summed E-state index contributed by atoms with van der Waals surface area (Å²) in [6, 6.07) is 91.3. The largest absolute Gasteiger partial charge is 0.309 e. The zero-order valence-corrected chi connectivity index (χ0v) is 36.5. The van der Waals surface area contributed by atoms with Gasteiger partial charge in [-0.15, -0.1) is 0 Å². The van der Waals surface area contributed by atoms with Crippen LogP contribution >= 0.6 is 0 Å². The molecule has 0 saturated heterocycles. The molecule has 0 bridgehead atoms. The monoisotopic (exact) mass is 851 g/mol. The lowest BCUT2D eigenvalue weighted by atomic mass is 9.98. The van der Waals surface area contributed by atoms with Gasteiger partial charge < -0.3 is 13.7 Å². The van der Waals surface area contributed by atoms with Gasteiger partial charge in [-0.2, -0.15) is 0 Å². The Bertz CT molecular complexity index is 4240. The number of hydrogen-bond donors (Lipinski definition) is 0. The standard InChI is InChI=1S/C64H41N3/c1-4-15-42(16-5-1)45-27-32-60-53(37-45)54-39-47(29-33-61(54)66(60)50-31-36-62-57(41-50)52-24-12-13-25-59(52)65(62)49-21-8-3-9-22-49)48-30-35-64-56(40-48)55-38-46(43-17-6-2-7-18-43)28-34-63(55)67(64)58-26-14-20-44-19-10-11-23-51(44)58/h1-41H. The Morgan fingerprint density at radius 2 is 0.582 bits per heavy atom. The first-order valence-electron chi connectivity index (χ1n) is 23.1. The Morgan fingerprint density at radius 1 is 0.194 bits per heavy atom. The van der Waals surface area contributed by atoms with Crippen molar-refractivity contribution < 1.29 is 0 Å². The second-order valence-electron chi connectivity index (χ2n) is 17.7. The van der Waals surface area contributed by atoms with Crippen LogP contribution in [0.4, 0.5) is 0 Å². The van der Waals surface area contributed by atoms with Gasteiger partial charge in [0, 0.05) is 49.1 Å². The van der Waals surface area contributed by atoms with Gasteiger partial charge in [0.25, 0.3) is 0 Å². The van der Waals surface area contributed by atoms with E-state index in [0.717, 1.165) is 11.4 Å². The Morgan fingerprint density at radius 3 is 1.15 bits per heavy atom. The van der Waals surface area contributed by atoms with E-state index in [9.17, 15) is 0 Å². The van der Waals surface area contributed by atoms with Crippen LogP contribution < -0.4 is 0 Å². The van der Waals surface area contributed by atoms with Gasteiger partial charge in [-0.05, 0) is 130 Å². The fourth-order valence-electron chi connectivity index (χ4n) is 10.9. The van der Waals surface area contributed by atoms with Crippen molar-refractivity contribution in [2.24, 2.45) is 0 Å². The van der Waals surface area contributed by atoms with E-state index in [1.165, 1.54) is 115 Å². The molecule has 0 saturated carbocycles. The zero-order valence-electron chi connectivity index (χ0n) is 36.5. The highest BCUT2D eigenvalue weighted by Gasteiger charge is 2.20. The molecule has 14 rings (SSSR count). The van der Waals surface area contributed by atoms with Gasteiger partial charge in [0.15, 0.2) is 0 Å². The topological polar surface area (TPSA) is 14.8 Å². The van der Waals surface area contributed by atoms with Crippen molar-refractivity contribution in [2.75, 3.05) is 0 Å². The highest BCUT2D eigenvalue weighted by Crippen LogP contribution is 2.42. The molecule has 14 aromatic rings. The van der Waals surface area contributed by atoms with E-state index in [4.69, 9.17) is 0 Å². The van der Waals surface area contributed by atoms with Gasteiger partial charge in [0.05, 0.1) is 38.8 Å². The van der Waals surface area contributed by atoms with Crippen LogP contribution in [0.15, 0.2) is 249 Å². The normalized spacial score (nSPS) is 11.9. The minimum Gasteiger partial charge on any atom is -0.309 e. The summed E-state index contributed by atoms with van der Waals surface area (Å²) in [6.07, 6.45) is 0. The van der Waals surface area contributed by atoms with Crippen LogP contribution in [0, 0.1) is 0 Å². The van der Waals surface area contributed by atoms with Crippen molar-refractivity contribution in [1.29, 1.82) is 0 Å². The third-order valence-corrected chi connectivity index (χ3v) is 14.0. The summed E-state index contributed by atoms with van der Waals surface area (Å²) in [5.41, 5.74) is 17.8. The van der Waals surface area contributed by atoms with E-state index in [1.54, 1.807) is 0 Å². The summed E-state index contributed by atoms with van der Waals surface area (Å²) in [6.45, 7) is 0. The molecule has 0 N–H and O–H groups in total. The Labute approximate surface area is 387 Å². The third-order valence-electron chi connectivity index (χ3n) is 14.0. The lowest BCUT2D eigenvalue weighted by Crippen LogP contribution is -1.96. The summed E-state index contributed by atoms with van der Waals surface area (Å²) in [5, 5.41) is 9.86. The maximum absolute atomic E-state index is 2.46. The van der Waals surface area contributed by atoms with Gasteiger partial charge in [-0.25, -0.2) is 0 Å². The van der Waals surface area contributed by atoms with Crippen LogP contribution in [0.3, 0.4) is 0 Å². The molecule has 0 radical (unpaired) electrons. The predicted molar refractivity (Wildman–Crippen MR) is 283 cm³/mol. The molecule has 3 heteroatoms. The number of aromatic nitrogens is 3. The molecule has 0 aliphatic rings. The first-order chi connectivity index (χ1) is 33.2. The first kappa shape index (κ1) is 37.5. The Hall–Kier alpha value is -8.92. The second-order valence-corrected chi connectivity index (χ2v) is 17.7. The van der Waals surface area contributed by atoms with Crippen molar-refractivity contribution in [3.63, 3.8) is 0 Å². The molecular weight excluding hydrogens is 811 g/mol. The van der Waals surface area contributed by atoms with Crippen molar-refractivity contribution in [2.45, 2.75) is 0 Å². The van der Waals surface area contributed by atoms with Crippen LogP contribution in [-0.4, -0.2) is 13.7 Å². The molecule has 312 valence electrons. The summed E-state index contributed by atoms with van der Waals surface area (Å²) in [7, 11) is 0. The van der Waals surface area contributed by atoms with Gasteiger partial charge in [-0.1, -0.05) is 158 Å². The van der Waals surface area contributed by atoms with E-state index in [0.29, 0.717) is 0 Å². The molecule has 0 atom stereocenters. The quantitative estimate of drug-likeness (QED) is 0.158. The minimum atomic E-state index is 1.14. The van der Waals surface area contributed by atoms with Crippen LogP contribution in [-0.2, 0) is 0 Å². The molecule has 0 spiro atoms. The van der Waals surface area contributed by atoms with Crippen molar-refractivity contribution in [1.82, 2.24) is 13.7 Å². The van der Waals surface area contributed by atoms with Crippen molar-refractivity contribution in [3.8, 4) is 50.4 Å². The molecule has 3 heterocycles. The van der Waals surface area contributed by atoms with Crippen LogP contribution in [0.5, 0.6) is 0 Å². The van der Waals surface area contributed by atoms with E-state index in [2.05, 4.69) is 262 Å². The Balaban J connectivity index is 0.990. The molecule has 67 heavy (non-hydrogen) atoms. The van der Waals surface area contributed by atoms with E-state index in [1.807, 2.05) is 0 Å². The fraction of sp³-hybridized carbons (Fsp3) is 0. The number of para-hydroxylation sites is 2. The molecule has 0 aliphatic heterocycles. The summed E-state index contributed by atoms with van der Waals surface area (Å²) in [4.78, 5) is 0. The molecule has 0 fully saturated rings. The first-order valence-corrected chi connectivity index (χ1v) is 23.1. The summed E-state index contributed by atoms with van der Waals surface area (Å²) < 4.78 is 7.31. The number of hydrogen-bond acceptors (Lipinski definition) is 0. The van der Waals surface area contributed by atoms with Crippen LogP contribution in [0.1, 0.15) is 0 Å². The van der Waals surface area contributed by atoms with E-state index in [-0.39, 0.29) is 0 Å². The van der Waals surface area contributed by atoms with Gasteiger partial charge in [-0.3, -0.25) is 0 Å². The lowest BCUT2D eigenvalue weighted by molar-refractivity contribution is 1.17. The second kappa shape index (κ2) is 14.8. The highest BCUT2D eigenvalue weighted by molar-refractivity contribution is 6.15. The average Bonchev–Trinajstić information content (AvgIpc) is 4.03. The van der Waals surface area contributed by atoms with E-state index < -0.39 is 0 Å². The molecular formula is C64H41N3. The predicted octanol–water partition coefficient (Wildman–Crippen LogP) is 17.1. The van der Waals surface area contributed by atoms with E-state index >= 15 is 0 Å². The molecule has 0 unspecified atom stereocenters. The van der Waals surface area contributed by atoms with Gasteiger partial charge in [0.2, 0.25) is 0 Å². The van der Waals surface area contributed by atoms with Crippen molar-refractivity contribution >= 4 is 76.2 Å². The number of fused-ring (bicyclic) bond motifs is 10. The van der Waals surface area contributed by atoms with Crippen molar-refractivity contribution in [3.05, 3.63) is 249 Å². The van der Waals surface area contributed by atoms with Gasteiger partial charge >= 0.3 is 0 Å². The van der Waals surface area contributed by atoms with Crippen LogP contribution in [0.2, 0.25) is 0 Å². The zero-order chi connectivity index (χ0) is 44.0. The SMILES string of the molecule is c1ccc(-c2ccc3c(c2)c2cc(-c4ccc5c(c4)c4cc(-c6ccccc6)ccc4n5-c4cccc5ccccc45)ccc2n3-c2ccc3c(c2)c2ccccc2n3-c2ccccc2)cc1. The lowest BCUT2D eigenvalue weighted by Gasteiger charge is -2.12. The fourth-order valence-corrected chi connectivity index (χ4v) is 10.9. The Kier molecular flexibility index (Phi) is 8.28. The molecule has 3 aromatic heterocycles. The van der Waals surface area contributed by atoms with Gasteiger partial charge in [0.1, 0.15) is 0 Å². The summed E-state index contributed by atoms with van der Waals surface area (Å²) >= 11 is 0. The smallest absolute Gasteiger partial charge is 0.0542 e.